The van der Waals surface area contributed by atoms with E-state index in [0.29, 0.717) is 17.7 Å². The van der Waals surface area contributed by atoms with E-state index in [1.807, 2.05) is 32.0 Å². The molecule has 9 heteroatoms. The summed E-state index contributed by atoms with van der Waals surface area (Å²) in [6.07, 6.45) is 2.09. The van der Waals surface area contributed by atoms with Gasteiger partial charge < -0.3 is 9.30 Å². The summed E-state index contributed by atoms with van der Waals surface area (Å²) in [6.45, 7) is 5.69. The zero-order valence-electron chi connectivity index (χ0n) is 17.4. The SMILES string of the molecule is CCCS(=O)(=O)Cc1nc(Oc2ccc(C)cc2C)nc(-c2ccc(=O)n(C)c2)n1. The van der Waals surface area contributed by atoms with Gasteiger partial charge in [-0.2, -0.15) is 9.97 Å². The maximum Gasteiger partial charge on any atom is 0.325 e. The molecule has 30 heavy (non-hydrogen) atoms. The molecule has 0 N–H and O–H groups in total. The van der Waals surface area contributed by atoms with Crippen molar-refractivity contribution >= 4 is 9.84 Å². The summed E-state index contributed by atoms with van der Waals surface area (Å²) in [6, 6.07) is 8.68. The van der Waals surface area contributed by atoms with E-state index in [0.717, 1.165) is 11.1 Å². The molecule has 2 heterocycles. The van der Waals surface area contributed by atoms with Gasteiger partial charge in [0.25, 0.3) is 0 Å². The van der Waals surface area contributed by atoms with Gasteiger partial charge in [0.2, 0.25) is 5.56 Å². The third-order valence-corrected chi connectivity index (χ3v) is 6.13. The predicted octanol–water partition coefficient (Wildman–Crippen LogP) is 2.97. The molecule has 1 aromatic carbocycles. The fourth-order valence-corrected chi connectivity index (χ4v) is 4.24. The molecule has 0 fully saturated rings. The number of pyridine rings is 1. The Balaban J connectivity index is 2.07. The highest BCUT2D eigenvalue weighted by atomic mass is 32.2. The Hall–Kier alpha value is -3.07. The van der Waals surface area contributed by atoms with Crippen LogP contribution in [0.4, 0.5) is 0 Å². The number of rotatable bonds is 7. The predicted molar refractivity (Wildman–Crippen MR) is 114 cm³/mol. The molecular formula is C21H24N4O4S. The van der Waals surface area contributed by atoms with Gasteiger partial charge in [0.1, 0.15) is 11.5 Å². The van der Waals surface area contributed by atoms with Crippen molar-refractivity contribution in [3.05, 3.63) is 63.8 Å². The van der Waals surface area contributed by atoms with Gasteiger partial charge in [-0.05, 0) is 38.0 Å². The highest BCUT2D eigenvalue weighted by Gasteiger charge is 2.18. The minimum atomic E-state index is -3.37. The van der Waals surface area contributed by atoms with Crippen LogP contribution in [-0.2, 0) is 22.6 Å². The summed E-state index contributed by atoms with van der Waals surface area (Å²) in [5.74, 6) is 0.636. The molecule has 158 valence electrons. The van der Waals surface area contributed by atoms with E-state index in [-0.39, 0.29) is 34.7 Å². The van der Waals surface area contributed by atoms with E-state index in [4.69, 9.17) is 4.74 Å². The van der Waals surface area contributed by atoms with Crippen LogP contribution in [0, 0.1) is 13.8 Å². The quantitative estimate of drug-likeness (QED) is 0.570. The molecule has 3 aromatic rings. The molecular weight excluding hydrogens is 404 g/mol. The first kappa shape index (κ1) is 21.6. The lowest BCUT2D eigenvalue weighted by atomic mass is 10.1. The third kappa shape index (κ3) is 5.29. The molecule has 0 amide bonds. The highest BCUT2D eigenvalue weighted by molar-refractivity contribution is 7.90. The second-order valence-corrected chi connectivity index (χ2v) is 9.37. The third-order valence-electron chi connectivity index (χ3n) is 4.40. The minimum absolute atomic E-state index is 0.00232. The average Bonchev–Trinajstić information content (AvgIpc) is 2.65. The molecule has 0 saturated carbocycles. The average molecular weight is 429 g/mol. The van der Waals surface area contributed by atoms with Crippen LogP contribution in [0.5, 0.6) is 11.8 Å². The molecule has 0 saturated heterocycles. The molecule has 0 spiro atoms. The van der Waals surface area contributed by atoms with E-state index in [2.05, 4.69) is 15.0 Å². The Kier molecular flexibility index (Phi) is 6.31. The number of hydrogen-bond donors (Lipinski definition) is 0. The van der Waals surface area contributed by atoms with Crippen LogP contribution in [0.3, 0.4) is 0 Å². The summed E-state index contributed by atoms with van der Waals surface area (Å²) in [7, 11) is -1.75. The fraction of sp³-hybridized carbons (Fsp3) is 0.333. The van der Waals surface area contributed by atoms with Gasteiger partial charge in [-0.15, -0.1) is 0 Å². The number of sulfone groups is 1. The van der Waals surface area contributed by atoms with Gasteiger partial charge in [-0.25, -0.2) is 13.4 Å². The molecule has 3 rings (SSSR count). The van der Waals surface area contributed by atoms with Crippen LogP contribution in [0.15, 0.2) is 41.3 Å². The Labute approximate surface area is 175 Å². The minimum Gasteiger partial charge on any atom is -0.424 e. The normalized spacial score (nSPS) is 11.5. The Morgan fingerprint density at radius 3 is 2.50 bits per heavy atom. The molecule has 0 aliphatic heterocycles. The van der Waals surface area contributed by atoms with Gasteiger partial charge in [0.05, 0.1) is 5.75 Å². The first-order valence-corrected chi connectivity index (χ1v) is 11.4. The van der Waals surface area contributed by atoms with E-state index >= 15 is 0 Å². The first-order chi connectivity index (χ1) is 14.2. The Bertz CT molecular complexity index is 1240. The zero-order valence-corrected chi connectivity index (χ0v) is 18.2. The van der Waals surface area contributed by atoms with Crippen LogP contribution in [0.25, 0.3) is 11.4 Å². The van der Waals surface area contributed by atoms with E-state index in [1.54, 1.807) is 26.2 Å². The van der Waals surface area contributed by atoms with Crippen molar-refractivity contribution in [3.8, 4) is 23.1 Å². The van der Waals surface area contributed by atoms with Crippen LogP contribution < -0.4 is 10.3 Å². The van der Waals surface area contributed by atoms with Gasteiger partial charge in [0.15, 0.2) is 21.5 Å². The monoisotopic (exact) mass is 428 g/mol. The molecule has 8 nitrogen and oxygen atoms in total. The summed E-state index contributed by atoms with van der Waals surface area (Å²) in [4.78, 5) is 24.6. The summed E-state index contributed by atoms with van der Waals surface area (Å²) < 4.78 is 31.9. The van der Waals surface area contributed by atoms with Crippen molar-refractivity contribution in [2.24, 2.45) is 7.05 Å². The lowest BCUT2D eigenvalue weighted by Crippen LogP contribution is -2.15. The largest absolute Gasteiger partial charge is 0.424 e. The fourth-order valence-electron chi connectivity index (χ4n) is 2.96. The molecule has 0 unspecified atom stereocenters. The standard InChI is InChI=1S/C21H24N4O4S/c1-5-10-30(27,28)13-18-22-20(16-7-9-19(26)25(4)12-16)24-21(23-18)29-17-8-6-14(2)11-15(17)3/h6-9,11-12H,5,10,13H2,1-4H3. The Morgan fingerprint density at radius 1 is 1.07 bits per heavy atom. The molecule has 0 aliphatic rings. The van der Waals surface area contributed by atoms with E-state index in [9.17, 15) is 13.2 Å². The zero-order chi connectivity index (χ0) is 21.9. The van der Waals surface area contributed by atoms with E-state index < -0.39 is 9.84 Å². The summed E-state index contributed by atoms with van der Waals surface area (Å²) >= 11 is 0. The van der Waals surface area contributed by atoms with Crippen molar-refractivity contribution in [3.63, 3.8) is 0 Å². The van der Waals surface area contributed by atoms with Crippen molar-refractivity contribution in [1.82, 2.24) is 19.5 Å². The molecule has 0 aliphatic carbocycles. The molecule has 2 aromatic heterocycles. The van der Waals surface area contributed by atoms with Gasteiger partial charge in [0, 0.05) is 24.9 Å². The number of hydrogen-bond acceptors (Lipinski definition) is 7. The van der Waals surface area contributed by atoms with Crippen molar-refractivity contribution in [1.29, 1.82) is 0 Å². The van der Waals surface area contributed by atoms with Gasteiger partial charge in [-0.1, -0.05) is 24.6 Å². The lowest BCUT2D eigenvalue weighted by molar-refractivity contribution is 0.434. The van der Waals surface area contributed by atoms with Crippen LogP contribution in [-0.4, -0.2) is 33.7 Å². The Morgan fingerprint density at radius 2 is 1.83 bits per heavy atom. The lowest BCUT2D eigenvalue weighted by Gasteiger charge is -2.11. The van der Waals surface area contributed by atoms with Crippen molar-refractivity contribution < 1.29 is 13.2 Å². The second-order valence-electron chi connectivity index (χ2n) is 7.19. The maximum atomic E-state index is 12.3. The second kappa shape index (κ2) is 8.74. The van der Waals surface area contributed by atoms with Gasteiger partial charge in [-0.3, -0.25) is 4.79 Å². The van der Waals surface area contributed by atoms with Crippen LogP contribution >= 0.6 is 0 Å². The van der Waals surface area contributed by atoms with E-state index in [1.165, 1.54) is 10.6 Å². The smallest absolute Gasteiger partial charge is 0.325 e. The van der Waals surface area contributed by atoms with Gasteiger partial charge >= 0.3 is 6.01 Å². The first-order valence-electron chi connectivity index (χ1n) is 9.54. The summed E-state index contributed by atoms with van der Waals surface area (Å²) in [5, 5.41) is 0. The molecule has 0 bridgehead atoms. The number of ether oxygens (including phenoxy) is 1. The van der Waals surface area contributed by atoms with Crippen LogP contribution in [0.1, 0.15) is 30.3 Å². The van der Waals surface area contributed by atoms with Crippen LogP contribution in [0.2, 0.25) is 0 Å². The molecule has 0 radical (unpaired) electrons. The van der Waals surface area contributed by atoms with Crippen molar-refractivity contribution in [2.45, 2.75) is 32.9 Å². The maximum absolute atomic E-state index is 12.3. The number of aromatic nitrogens is 4. The molecule has 0 atom stereocenters. The number of aryl methyl sites for hydroxylation is 3. The number of benzene rings is 1. The highest BCUT2D eigenvalue weighted by Crippen LogP contribution is 2.25. The van der Waals surface area contributed by atoms with Crippen molar-refractivity contribution in [2.75, 3.05) is 5.75 Å². The summed E-state index contributed by atoms with van der Waals surface area (Å²) in [5.41, 5.74) is 2.37. The number of nitrogens with zero attached hydrogens (tertiary/aromatic N) is 4. The topological polar surface area (TPSA) is 104 Å².